The predicted octanol–water partition coefficient (Wildman–Crippen LogP) is 2.31. The Morgan fingerprint density at radius 3 is 2.65 bits per heavy atom. The van der Waals surface area contributed by atoms with E-state index in [1.807, 2.05) is 0 Å². The van der Waals surface area contributed by atoms with Crippen molar-refractivity contribution >= 4 is 11.8 Å². The maximum Gasteiger partial charge on any atom is 0.430 e. The average molecular weight is 289 g/mol. The summed E-state index contributed by atoms with van der Waals surface area (Å²) in [7, 11) is 1.62. The topological polar surface area (TPSA) is 67.2 Å². The minimum absolute atomic E-state index is 0.0940. The smallest absolute Gasteiger partial charge is 0.380 e. The molecule has 110 valence electrons. The molecular formula is C12H14F3N3O2. The minimum Gasteiger partial charge on any atom is -0.380 e. The maximum absolute atomic E-state index is 12.8. The van der Waals surface area contributed by atoms with E-state index in [2.05, 4.69) is 10.6 Å². The zero-order valence-electron chi connectivity index (χ0n) is 10.7. The van der Waals surface area contributed by atoms with Crippen molar-refractivity contribution in [3.8, 4) is 0 Å². The minimum atomic E-state index is -4.54. The molecule has 0 aliphatic heterocycles. The quantitative estimate of drug-likeness (QED) is 0.479. The summed E-state index contributed by atoms with van der Waals surface area (Å²) in [6, 6.07) is 5.02. The lowest BCUT2D eigenvalue weighted by atomic mass is 10.1. The summed E-state index contributed by atoms with van der Waals surface area (Å²) >= 11 is 0. The molecule has 0 amide bonds. The fraction of sp³-hybridized carbons (Fsp3) is 0.333. The first kappa shape index (κ1) is 16.0. The highest BCUT2D eigenvalue weighted by molar-refractivity contribution is 5.56. The van der Waals surface area contributed by atoms with Crippen molar-refractivity contribution in [2.75, 3.05) is 20.1 Å². The fourth-order valence-corrected chi connectivity index (χ4v) is 1.45. The second-order valence-electron chi connectivity index (χ2n) is 3.94. The van der Waals surface area contributed by atoms with Crippen LogP contribution in [0.2, 0.25) is 0 Å². The van der Waals surface area contributed by atoms with Crippen molar-refractivity contribution in [1.29, 1.82) is 0 Å². The lowest BCUT2D eigenvalue weighted by Gasteiger charge is -2.14. The van der Waals surface area contributed by atoms with Gasteiger partial charge in [0.2, 0.25) is 0 Å². The summed E-state index contributed by atoms with van der Waals surface area (Å²) in [6.45, 7) is 0.457. The van der Waals surface area contributed by atoms with Gasteiger partial charge in [0, 0.05) is 25.2 Å². The van der Waals surface area contributed by atoms with E-state index >= 15 is 0 Å². The number of halogens is 3. The highest BCUT2D eigenvalue weighted by Gasteiger charge is 2.33. The standard InChI is InChI=1S/C12H14F3N3O2/c1-16-5-6-17-11(12(13,14)15)8-9-3-2-4-10(7-9)18(19)20/h2-4,7-8,16-17H,5-6H2,1H3/b11-8-. The Bertz CT molecular complexity index is 501. The molecule has 0 atom stereocenters. The molecule has 0 spiro atoms. The maximum atomic E-state index is 12.8. The van der Waals surface area contributed by atoms with Crippen LogP contribution in [0.5, 0.6) is 0 Å². The molecule has 0 aliphatic carbocycles. The monoisotopic (exact) mass is 289 g/mol. The summed E-state index contributed by atoms with van der Waals surface area (Å²) in [4.78, 5) is 9.93. The summed E-state index contributed by atoms with van der Waals surface area (Å²) in [5.41, 5.74) is -1.08. The highest BCUT2D eigenvalue weighted by Crippen LogP contribution is 2.26. The van der Waals surface area contributed by atoms with Crippen LogP contribution in [0.4, 0.5) is 18.9 Å². The molecule has 1 aromatic carbocycles. The number of nitro groups is 1. The van der Waals surface area contributed by atoms with Gasteiger partial charge in [0.1, 0.15) is 5.70 Å². The third-order valence-electron chi connectivity index (χ3n) is 2.39. The van der Waals surface area contributed by atoms with Crippen molar-refractivity contribution in [2.24, 2.45) is 0 Å². The zero-order valence-corrected chi connectivity index (χ0v) is 10.7. The molecule has 0 heterocycles. The van der Waals surface area contributed by atoms with E-state index in [9.17, 15) is 23.3 Å². The number of non-ortho nitro benzene ring substituents is 1. The molecule has 1 rings (SSSR count). The number of rotatable bonds is 6. The van der Waals surface area contributed by atoms with Gasteiger partial charge in [-0.25, -0.2) is 0 Å². The molecule has 5 nitrogen and oxygen atoms in total. The van der Waals surface area contributed by atoms with E-state index < -0.39 is 16.8 Å². The number of nitro benzene ring substituents is 1. The van der Waals surface area contributed by atoms with Crippen LogP contribution in [0.15, 0.2) is 30.0 Å². The number of allylic oxidation sites excluding steroid dienone is 1. The van der Waals surface area contributed by atoms with Gasteiger partial charge in [0.25, 0.3) is 5.69 Å². The third-order valence-corrected chi connectivity index (χ3v) is 2.39. The average Bonchev–Trinajstić information content (AvgIpc) is 2.37. The fourth-order valence-electron chi connectivity index (χ4n) is 1.45. The molecule has 8 heteroatoms. The number of benzene rings is 1. The van der Waals surface area contributed by atoms with Gasteiger partial charge in [-0.3, -0.25) is 10.1 Å². The second-order valence-corrected chi connectivity index (χ2v) is 3.94. The lowest BCUT2D eigenvalue weighted by Crippen LogP contribution is -2.31. The molecular weight excluding hydrogens is 275 g/mol. The van der Waals surface area contributed by atoms with E-state index in [4.69, 9.17) is 0 Å². The Kier molecular flexibility index (Phi) is 5.51. The Balaban J connectivity index is 3.00. The van der Waals surface area contributed by atoms with Crippen LogP contribution < -0.4 is 10.6 Å². The van der Waals surface area contributed by atoms with Gasteiger partial charge in [-0.1, -0.05) is 12.1 Å². The number of hydrogen-bond donors (Lipinski definition) is 2. The van der Waals surface area contributed by atoms with Crippen LogP contribution >= 0.6 is 0 Å². The first-order chi connectivity index (χ1) is 9.34. The first-order valence-corrected chi connectivity index (χ1v) is 5.76. The molecule has 0 bridgehead atoms. The molecule has 0 saturated heterocycles. The van der Waals surface area contributed by atoms with Gasteiger partial charge in [0.15, 0.2) is 0 Å². The largest absolute Gasteiger partial charge is 0.430 e. The van der Waals surface area contributed by atoms with Crippen LogP contribution in [0.3, 0.4) is 0 Å². The van der Waals surface area contributed by atoms with Crippen LogP contribution in [-0.4, -0.2) is 31.2 Å². The molecule has 0 fully saturated rings. The molecule has 2 N–H and O–H groups in total. The molecule has 0 unspecified atom stereocenters. The van der Waals surface area contributed by atoms with E-state index in [1.54, 1.807) is 7.05 Å². The van der Waals surface area contributed by atoms with E-state index in [0.29, 0.717) is 6.54 Å². The van der Waals surface area contributed by atoms with Crippen LogP contribution in [0.25, 0.3) is 6.08 Å². The van der Waals surface area contributed by atoms with E-state index in [-0.39, 0.29) is 17.8 Å². The predicted molar refractivity (Wildman–Crippen MR) is 69.1 cm³/mol. The summed E-state index contributed by atoms with van der Waals surface area (Å²) in [5.74, 6) is 0. The number of alkyl halides is 3. The third kappa shape index (κ3) is 4.88. The number of nitrogens with zero attached hydrogens (tertiary/aromatic N) is 1. The van der Waals surface area contributed by atoms with Crippen LogP contribution in [-0.2, 0) is 0 Å². The van der Waals surface area contributed by atoms with Gasteiger partial charge in [-0.15, -0.1) is 0 Å². The molecule has 20 heavy (non-hydrogen) atoms. The summed E-state index contributed by atoms with van der Waals surface area (Å²) < 4.78 is 38.4. The summed E-state index contributed by atoms with van der Waals surface area (Å²) in [5, 5.41) is 15.6. The Morgan fingerprint density at radius 2 is 2.10 bits per heavy atom. The van der Waals surface area contributed by atoms with Crippen LogP contribution in [0, 0.1) is 10.1 Å². The van der Waals surface area contributed by atoms with Crippen LogP contribution in [0.1, 0.15) is 5.56 Å². The Labute approximate surface area is 113 Å². The Hall–Kier alpha value is -2.09. The highest BCUT2D eigenvalue weighted by atomic mass is 19.4. The summed E-state index contributed by atoms with van der Waals surface area (Å²) in [6.07, 6.45) is -3.69. The first-order valence-electron chi connectivity index (χ1n) is 5.76. The van der Waals surface area contributed by atoms with E-state index in [1.165, 1.54) is 18.2 Å². The van der Waals surface area contributed by atoms with Gasteiger partial charge in [0.05, 0.1) is 4.92 Å². The SMILES string of the molecule is CNCCN/C(=C\c1cccc([N+](=O)[O-])c1)C(F)(F)F. The Morgan fingerprint density at radius 1 is 1.40 bits per heavy atom. The van der Waals surface area contributed by atoms with Crippen molar-refractivity contribution in [3.05, 3.63) is 45.6 Å². The number of nitrogens with one attached hydrogen (secondary N) is 2. The molecule has 0 radical (unpaired) electrons. The lowest BCUT2D eigenvalue weighted by molar-refractivity contribution is -0.384. The zero-order chi connectivity index (χ0) is 15.2. The normalized spacial score (nSPS) is 12.3. The number of hydrogen-bond acceptors (Lipinski definition) is 4. The molecule has 0 aromatic heterocycles. The van der Waals surface area contributed by atoms with Gasteiger partial charge < -0.3 is 10.6 Å². The van der Waals surface area contributed by atoms with Crippen molar-refractivity contribution in [1.82, 2.24) is 10.6 Å². The van der Waals surface area contributed by atoms with Crippen molar-refractivity contribution < 1.29 is 18.1 Å². The van der Waals surface area contributed by atoms with E-state index in [0.717, 1.165) is 12.1 Å². The molecule has 0 saturated carbocycles. The van der Waals surface area contributed by atoms with Crippen molar-refractivity contribution in [2.45, 2.75) is 6.18 Å². The van der Waals surface area contributed by atoms with Gasteiger partial charge >= 0.3 is 6.18 Å². The van der Waals surface area contributed by atoms with Crippen molar-refractivity contribution in [3.63, 3.8) is 0 Å². The second kappa shape index (κ2) is 6.90. The van der Waals surface area contributed by atoms with Gasteiger partial charge in [-0.2, -0.15) is 13.2 Å². The number of likely N-dealkylation sites (N-methyl/N-ethyl adjacent to an activating group) is 1. The molecule has 1 aromatic rings. The molecule has 0 aliphatic rings. The van der Waals surface area contributed by atoms with Gasteiger partial charge in [-0.05, 0) is 18.7 Å².